The fourth-order valence-corrected chi connectivity index (χ4v) is 4.58. The number of anilines is 1. The molecule has 0 radical (unpaired) electrons. The van der Waals surface area contributed by atoms with Crippen LogP contribution >= 0.6 is 11.8 Å². The van der Waals surface area contributed by atoms with Crippen LogP contribution in [0, 0.1) is 0 Å². The second-order valence-electron chi connectivity index (χ2n) is 8.14. The zero-order chi connectivity index (χ0) is 25.3. The largest absolute Gasteiger partial charge is 0.493 e. The van der Waals surface area contributed by atoms with Crippen molar-refractivity contribution in [2.45, 2.75) is 6.54 Å². The molecule has 0 saturated carbocycles. The number of morpholine rings is 1. The average molecular weight is 515 g/mol. The first kappa shape index (κ1) is 25.8. The molecule has 10 nitrogen and oxygen atoms in total. The van der Waals surface area contributed by atoms with Crippen molar-refractivity contribution >= 4 is 34.5 Å². The molecule has 2 amide bonds. The highest BCUT2D eigenvalue weighted by molar-refractivity contribution is 8.14. The number of benzene rings is 2. The molecule has 0 bridgehead atoms. The van der Waals surface area contributed by atoms with E-state index in [-0.39, 0.29) is 11.8 Å². The Bertz CT molecular complexity index is 1110. The lowest BCUT2D eigenvalue weighted by atomic mass is 10.1. The fraction of sp³-hybridized carbons (Fsp3) is 0.400. The molecule has 1 fully saturated rings. The number of carbonyl (C=O) groups is 2. The van der Waals surface area contributed by atoms with Crippen LogP contribution in [0.1, 0.15) is 11.1 Å². The summed E-state index contributed by atoms with van der Waals surface area (Å²) in [4.78, 5) is 27.0. The Kier molecular flexibility index (Phi) is 9.04. The van der Waals surface area contributed by atoms with Gasteiger partial charge in [0, 0.05) is 36.6 Å². The second kappa shape index (κ2) is 12.6. The van der Waals surface area contributed by atoms with Gasteiger partial charge in [-0.1, -0.05) is 23.9 Å². The third kappa shape index (κ3) is 6.90. The van der Waals surface area contributed by atoms with E-state index in [1.165, 1.54) is 16.8 Å². The number of thioether (sulfide) groups is 1. The van der Waals surface area contributed by atoms with E-state index in [0.29, 0.717) is 49.3 Å². The smallest absolute Gasteiger partial charge is 0.411 e. The molecule has 36 heavy (non-hydrogen) atoms. The van der Waals surface area contributed by atoms with E-state index in [4.69, 9.17) is 18.9 Å². The number of hydrazone groups is 1. The molecule has 0 aliphatic carbocycles. The van der Waals surface area contributed by atoms with Crippen LogP contribution in [-0.4, -0.2) is 86.4 Å². The van der Waals surface area contributed by atoms with Crippen LogP contribution in [0.2, 0.25) is 0 Å². The molecule has 0 unspecified atom stereocenters. The number of hydrogen-bond acceptors (Lipinski definition) is 9. The number of nitrogens with zero attached hydrogens (tertiary/aromatic N) is 3. The molecule has 0 spiro atoms. The van der Waals surface area contributed by atoms with Crippen LogP contribution in [0.4, 0.5) is 15.3 Å². The summed E-state index contributed by atoms with van der Waals surface area (Å²) < 4.78 is 21.3. The van der Waals surface area contributed by atoms with E-state index in [1.807, 2.05) is 30.3 Å². The van der Waals surface area contributed by atoms with Crippen LogP contribution in [0.15, 0.2) is 47.6 Å². The van der Waals surface area contributed by atoms with Crippen LogP contribution in [0.3, 0.4) is 0 Å². The van der Waals surface area contributed by atoms with Crippen molar-refractivity contribution < 1.29 is 28.5 Å². The van der Waals surface area contributed by atoms with Crippen LogP contribution in [0.5, 0.6) is 11.5 Å². The molecular formula is C25H30N4O6S. The third-order valence-electron chi connectivity index (χ3n) is 5.75. The van der Waals surface area contributed by atoms with Crippen molar-refractivity contribution in [2.24, 2.45) is 5.10 Å². The Labute approximate surface area is 214 Å². The highest BCUT2D eigenvalue weighted by Crippen LogP contribution is 2.30. The molecule has 2 aromatic carbocycles. The summed E-state index contributed by atoms with van der Waals surface area (Å²) in [5.74, 6) is 1.69. The molecule has 0 aromatic heterocycles. The van der Waals surface area contributed by atoms with Gasteiger partial charge in [0.15, 0.2) is 11.5 Å². The maximum absolute atomic E-state index is 12.5. The summed E-state index contributed by atoms with van der Waals surface area (Å²) in [6, 6.07) is 12.8. The van der Waals surface area contributed by atoms with Gasteiger partial charge in [0.05, 0.1) is 39.7 Å². The number of carbonyl (C=O) groups excluding carboxylic acids is 2. The van der Waals surface area contributed by atoms with Crippen molar-refractivity contribution in [1.82, 2.24) is 9.91 Å². The molecular weight excluding hydrogens is 484 g/mol. The fourth-order valence-electron chi connectivity index (χ4n) is 3.84. The number of amides is 2. The number of ether oxygens (including phenoxy) is 4. The quantitative estimate of drug-likeness (QED) is 0.541. The van der Waals surface area contributed by atoms with Gasteiger partial charge in [0.25, 0.3) is 0 Å². The molecule has 1 saturated heterocycles. The summed E-state index contributed by atoms with van der Waals surface area (Å²) in [7, 11) is 3.16. The Morgan fingerprint density at radius 2 is 1.92 bits per heavy atom. The van der Waals surface area contributed by atoms with E-state index < -0.39 is 6.09 Å². The minimum absolute atomic E-state index is 0.139. The summed E-state index contributed by atoms with van der Waals surface area (Å²) in [5, 5.41) is 8.64. The van der Waals surface area contributed by atoms with Crippen molar-refractivity contribution in [3.05, 3.63) is 53.6 Å². The van der Waals surface area contributed by atoms with Gasteiger partial charge in [-0.3, -0.25) is 15.0 Å². The summed E-state index contributed by atoms with van der Waals surface area (Å²) in [5.41, 5.74) is 3.03. The normalized spacial score (nSPS) is 16.3. The Hall–Kier alpha value is -3.28. The summed E-state index contributed by atoms with van der Waals surface area (Å²) in [6.07, 6.45) is -0.515. The van der Waals surface area contributed by atoms with E-state index in [0.717, 1.165) is 29.9 Å². The Morgan fingerprint density at radius 3 is 2.69 bits per heavy atom. The highest BCUT2D eigenvalue weighted by Gasteiger charge is 2.23. The zero-order valence-corrected chi connectivity index (χ0v) is 21.2. The van der Waals surface area contributed by atoms with E-state index in [1.54, 1.807) is 26.4 Å². The van der Waals surface area contributed by atoms with Gasteiger partial charge >= 0.3 is 11.3 Å². The topological polar surface area (TPSA) is 102 Å². The van der Waals surface area contributed by atoms with Crippen molar-refractivity contribution in [3.63, 3.8) is 0 Å². The van der Waals surface area contributed by atoms with Gasteiger partial charge in [-0.15, -0.1) is 0 Å². The molecule has 2 aliphatic heterocycles. The SMILES string of the molecule is COc1ccc(C2=NN(Cc3cccc(NC(=O)OCCN4CCOCC4)c3)C(=O)SC2)cc1OC. The maximum atomic E-state index is 12.5. The van der Waals surface area contributed by atoms with Crippen LogP contribution in [0.25, 0.3) is 0 Å². The Balaban J connectivity index is 1.36. The zero-order valence-electron chi connectivity index (χ0n) is 20.4. The summed E-state index contributed by atoms with van der Waals surface area (Å²) in [6.45, 7) is 4.34. The maximum Gasteiger partial charge on any atom is 0.411 e. The standard InChI is InChI=1S/C25H30N4O6S/c1-32-22-7-6-19(15-23(22)33-2)21-17-36-25(31)29(27-21)16-18-4-3-5-20(14-18)26-24(30)35-13-10-28-8-11-34-12-9-28/h3-7,14-15H,8-13,16-17H2,1-2H3,(H,26,30). The lowest BCUT2D eigenvalue weighted by Crippen LogP contribution is -2.38. The first-order chi connectivity index (χ1) is 17.6. The number of methoxy groups -OCH3 is 2. The molecule has 2 aromatic rings. The second-order valence-corrected chi connectivity index (χ2v) is 9.07. The third-order valence-corrected chi connectivity index (χ3v) is 6.63. The lowest BCUT2D eigenvalue weighted by Gasteiger charge is -2.26. The number of nitrogens with one attached hydrogen (secondary N) is 1. The lowest BCUT2D eigenvalue weighted by molar-refractivity contribution is 0.0290. The van der Waals surface area contributed by atoms with Gasteiger partial charge in [0.2, 0.25) is 0 Å². The first-order valence-electron chi connectivity index (χ1n) is 11.6. The number of rotatable bonds is 9. The van der Waals surface area contributed by atoms with Gasteiger partial charge in [-0.05, 0) is 35.9 Å². The van der Waals surface area contributed by atoms with Gasteiger partial charge in [0.1, 0.15) is 6.61 Å². The monoisotopic (exact) mass is 514 g/mol. The van der Waals surface area contributed by atoms with Gasteiger partial charge in [-0.25, -0.2) is 9.80 Å². The van der Waals surface area contributed by atoms with Gasteiger partial charge in [-0.2, -0.15) is 5.10 Å². The minimum Gasteiger partial charge on any atom is -0.493 e. The van der Waals surface area contributed by atoms with Crippen molar-refractivity contribution in [3.8, 4) is 11.5 Å². The van der Waals surface area contributed by atoms with E-state index in [9.17, 15) is 9.59 Å². The molecule has 0 atom stereocenters. The summed E-state index contributed by atoms with van der Waals surface area (Å²) >= 11 is 1.19. The van der Waals surface area contributed by atoms with E-state index >= 15 is 0 Å². The molecule has 1 N–H and O–H groups in total. The van der Waals surface area contributed by atoms with Crippen LogP contribution < -0.4 is 14.8 Å². The molecule has 2 aliphatic rings. The van der Waals surface area contributed by atoms with Crippen molar-refractivity contribution in [1.29, 1.82) is 0 Å². The Morgan fingerprint density at radius 1 is 1.11 bits per heavy atom. The van der Waals surface area contributed by atoms with Gasteiger partial charge < -0.3 is 18.9 Å². The predicted molar refractivity (Wildman–Crippen MR) is 138 cm³/mol. The minimum atomic E-state index is -0.515. The van der Waals surface area contributed by atoms with Crippen LogP contribution in [-0.2, 0) is 16.0 Å². The van der Waals surface area contributed by atoms with E-state index in [2.05, 4.69) is 15.3 Å². The highest BCUT2D eigenvalue weighted by atomic mass is 32.2. The first-order valence-corrected chi connectivity index (χ1v) is 12.6. The molecule has 2 heterocycles. The molecule has 192 valence electrons. The van der Waals surface area contributed by atoms with Crippen molar-refractivity contribution in [2.75, 3.05) is 64.7 Å². The average Bonchev–Trinajstić information content (AvgIpc) is 2.90. The predicted octanol–water partition coefficient (Wildman–Crippen LogP) is 3.66. The number of hydrogen-bond donors (Lipinski definition) is 1. The molecule has 4 rings (SSSR count). The molecule has 11 heteroatoms.